The highest BCUT2D eigenvalue weighted by Gasteiger charge is 2.14. The van der Waals surface area contributed by atoms with Gasteiger partial charge in [-0.3, -0.25) is 4.79 Å². The maximum atomic E-state index is 11.7. The van der Waals surface area contributed by atoms with E-state index in [2.05, 4.69) is 0 Å². The molecule has 0 amide bonds. The maximum absolute atomic E-state index is 11.7. The summed E-state index contributed by atoms with van der Waals surface area (Å²) in [6.07, 6.45) is 0.362. The van der Waals surface area contributed by atoms with E-state index in [0.717, 1.165) is 11.1 Å². The SMILES string of the molecule is CCC(=O)c1ccc(OCc2ccc(CN)cc2)c(C)c1O. The Bertz CT molecular complexity index is 663. The molecule has 4 heteroatoms. The van der Waals surface area contributed by atoms with Crippen molar-refractivity contribution in [3.05, 3.63) is 58.7 Å². The minimum atomic E-state index is -0.0791. The van der Waals surface area contributed by atoms with Crippen molar-refractivity contribution in [3.8, 4) is 11.5 Å². The van der Waals surface area contributed by atoms with Gasteiger partial charge in [0.2, 0.25) is 0 Å². The number of hydrogen-bond donors (Lipinski definition) is 2. The zero-order valence-corrected chi connectivity index (χ0v) is 12.9. The molecule has 0 radical (unpaired) electrons. The van der Waals surface area contributed by atoms with Gasteiger partial charge in [0, 0.05) is 18.5 Å². The third-order valence-corrected chi connectivity index (χ3v) is 3.66. The number of ketones is 1. The summed E-state index contributed by atoms with van der Waals surface area (Å²) in [5.74, 6) is 0.500. The van der Waals surface area contributed by atoms with E-state index in [1.54, 1.807) is 26.0 Å². The lowest BCUT2D eigenvalue weighted by Crippen LogP contribution is -2.02. The summed E-state index contributed by atoms with van der Waals surface area (Å²) in [6.45, 7) is 4.42. The van der Waals surface area contributed by atoms with Gasteiger partial charge in [-0.15, -0.1) is 0 Å². The molecule has 0 aliphatic heterocycles. The second kappa shape index (κ2) is 7.09. The van der Waals surface area contributed by atoms with E-state index in [9.17, 15) is 9.90 Å². The van der Waals surface area contributed by atoms with Gasteiger partial charge in [0.05, 0.1) is 5.56 Å². The van der Waals surface area contributed by atoms with Crippen molar-refractivity contribution in [1.82, 2.24) is 0 Å². The van der Waals surface area contributed by atoms with Gasteiger partial charge >= 0.3 is 0 Å². The van der Waals surface area contributed by atoms with Gasteiger partial charge in [-0.2, -0.15) is 0 Å². The Balaban J connectivity index is 2.12. The monoisotopic (exact) mass is 299 g/mol. The van der Waals surface area contributed by atoms with Crippen LogP contribution in [0.5, 0.6) is 11.5 Å². The summed E-state index contributed by atoms with van der Waals surface area (Å²) in [5.41, 5.74) is 8.58. The number of rotatable bonds is 6. The largest absolute Gasteiger partial charge is 0.507 e. The van der Waals surface area contributed by atoms with Crippen LogP contribution in [0.2, 0.25) is 0 Å². The second-order valence-electron chi connectivity index (χ2n) is 5.17. The average Bonchev–Trinajstić information content (AvgIpc) is 2.56. The fraction of sp³-hybridized carbons (Fsp3) is 0.278. The number of hydrogen-bond acceptors (Lipinski definition) is 4. The van der Waals surface area contributed by atoms with Crippen LogP contribution < -0.4 is 10.5 Å². The van der Waals surface area contributed by atoms with E-state index in [-0.39, 0.29) is 11.5 Å². The molecule has 0 aliphatic carbocycles. The molecule has 0 aliphatic rings. The summed E-state index contributed by atoms with van der Waals surface area (Å²) in [6, 6.07) is 11.2. The van der Waals surface area contributed by atoms with Gasteiger partial charge in [0.15, 0.2) is 5.78 Å². The van der Waals surface area contributed by atoms with E-state index in [4.69, 9.17) is 10.5 Å². The van der Waals surface area contributed by atoms with Crippen LogP contribution in [-0.2, 0) is 13.2 Å². The lowest BCUT2D eigenvalue weighted by molar-refractivity contribution is 0.0985. The Hall–Kier alpha value is -2.33. The lowest BCUT2D eigenvalue weighted by atomic mass is 10.0. The molecule has 0 heterocycles. The van der Waals surface area contributed by atoms with E-state index in [1.165, 1.54) is 0 Å². The maximum Gasteiger partial charge on any atom is 0.166 e. The molecular formula is C18H21NO3. The van der Waals surface area contributed by atoms with Gasteiger partial charge in [-0.05, 0) is 30.2 Å². The first-order valence-electron chi connectivity index (χ1n) is 7.33. The number of benzene rings is 2. The number of phenolic OH excluding ortho intramolecular Hbond substituents is 1. The van der Waals surface area contributed by atoms with Crippen LogP contribution in [0.25, 0.3) is 0 Å². The van der Waals surface area contributed by atoms with E-state index >= 15 is 0 Å². The molecule has 2 rings (SSSR count). The predicted octanol–water partition coefficient (Wildman–Crippen LogP) is 3.33. The number of aromatic hydroxyl groups is 1. The Kier molecular flexibility index (Phi) is 5.17. The fourth-order valence-corrected chi connectivity index (χ4v) is 2.19. The molecule has 116 valence electrons. The average molecular weight is 299 g/mol. The van der Waals surface area contributed by atoms with Crippen molar-refractivity contribution in [2.45, 2.75) is 33.4 Å². The van der Waals surface area contributed by atoms with Gasteiger partial charge < -0.3 is 15.6 Å². The summed E-state index contributed by atoms with van der Waals surface area (Å²) in [5, 5.41) is 10.1. The van der Waals surface area contributed by atoms with Gasteiger partial charge in [0.25, 0.3) is 0 Å². The van der Waals surface area contributed by atoms with Crippen LogP contribution in [0.4, 0.5) is 0 Å². The molecule has 0 fully saturated rings. The number of Topliss-reactive ketones (excluding diaryl/α,β-unsaturated/α-hetero) is 1. The van der Waals surface area contributed by atoms with Crippen molar-refractivity contribution in [1.29, 1.82) is 0 Å². The zero-order valence-electron chi connectivity index (χ0n) is 12.9. The van der Waals surface area contributed by atoms with Crippen LogP contribution in [0.15, 0.2) is 36.4 Å². The zero-order chi connectivity index (χ0) is 16.1. The summed E-state index contributed by atoms with van der Waals surface area (Å²) in [4.78, 5) is 11.7. The molecule has 2 aromatic rings. The molecule has 3 N–H and O–H groups in total. The third kappa shape index (κ3) is 3.46. The van der Waals surface area contributed by atoms with Crippen molar-refractivity contribution < 1.29 is 14.6 Å². The minimum absolute atomic E-state index is 0.00262. The normalized spacial score (nSPS) is 10.5. The third-order valence-electron chi connectivity index (χ3n) is 3.66. The summed E-state index contributed by atoms with van der Waals surface area (Å²) < 4.78 is 5.74. The van der Waals surface area contributed by atoms with Crippen molar-refractivity contribution in [2.75, 3.05) is 0 Å². The van der Waals surface area contributed by atoms with Crippen molar-refractivity contribution >= 4 is 5.78 Å². The standard InChI is InChI=1S/C18H21NO3/c1-3-16(20)15-8-9-17(12(2)18(15)21)22-11-14-6-4-13(10-19)5-7-14/h4-9,21H,3,10-11,19H2,1-2H3. The Morgan fingerprint density at radius 2 is 1.77 bits per heavy atom. The summed E-state index contributed by atoms with van der Waals surface area (Å²) >= 11 is 0. The van der Waals surface area contributed by atoms with E-state index in [1.807, 2.05) is 24.3 Å². The van der Waals surface area contributed by atoms with Crippen molar-refractivity contribution in [3.63, 3.8) is 0 Å². The quantitative estimate of drug-likeness (QED) is 0.802. The molecule has 2 aromatic carbocycles. The molecule has 0 atom stereocenters. The molecule has 0 bridgehead atoms. The second-order valence-corrected chi connectivity index (χ2v) is 5.17. The first kappa shape index (κ1) is 16.0. The van der Waals surface area contributed by atoms with Gasteiger partial charge in [-0.25, -0.2) is 0 Å². The molecule has 0 saturated heterocycles. The first-order chi connectivity index (χ1) is 10.6. The molecule has 4 nitrogen and oxygen atoms in total. The van der Waals surface area contributed by atoms with Gasteiger partial charge in [0.1, 0.15) is 18.1 Å². The predicted molar refractivity (Wildman–Crippen MR) is 86.1 cm³/mol. The highest BCUT2D eigenvalue weighted by molar-refractivity contribution is 5.99. The molecule has 22 heavy (non-hydrogen) atoms. The molecule has 0 spiro atoms. The number of ether oxygens (including phenoxy) is 1. The fourth-order valence-electron chi connectivity index (χ4n) is 2.19. The van der Waals surface area contributed by atoms with E-state index < -0.39 is 0 Å². The Morgan fingerprint density at radius 3 is 2.36 bits per heavy atom. The number of carbonyl (C=O) groups excluding carboxylic acids is 1. The minimum Gasteiger partial charge on any atom is -0.507 e. The topological polar surface area (TPSA) is 72.5 Å². The number of nitrogens with two attached hydrogens (primary N) is 1. The molecule has 0 unspecified atom stereocenters. The van der Waals surface area contributed by atoms with Crippen molar-refractivity contribution in [2.24, 2.45) is 5.73 Å². The highest BCUT2D eigenvalue weighted by Crippen LogP contribution is 2.31. The van der Waals surface area contributed by atoms with Crippen LogP contribution in [0.3, 0.4) is 0 Å². The molecule has 0 aromatic heterocycles. The number of carbonyl (C=O) groups is 1. The number of phenols is 1. The molecule has 0 saturated carbocycles. The lowest BCUT2D eigenvalue weighted by Gasteiger charge is -2.13. The molecular weight excluding hydrogens is 278 g/mol. The first-order valence-corrected chi connectivity index (χ1v) is 7.33. The smallest absolute Gasteiger partial charge is 0.166 e. The van der Waals surface area contributed by atoms with Gasteiger partial charge in [-0.1, -0.05) is 31.2 Å². The van der Waals surface area contributed by atoms with Crippen LogP contribution in [0.1, 0.15) is 40.4 Å². The summed E-state index contributed by atoms with van der Waals surface area (Å²) in [7, 11) is 0. The highest BCUT2D eigenvalue weighted by atomic mass is 16.5. The van der Waals surface area contributed by atoms with Crippen LogP contribution in [0, 0.1) is 6.92 Å². The Labute approximate surface area is 130 Å². The van der Waals surface area contributed by atoms with Crippen LogP contribution in [-0.4, -0.2) is 10.9 Å². The van der Waals surface area contributed by atoms with Crippen LogP contribution >= 0.6 is 0 Å². The Morgan fingerprint density at radius 1 is 1.14 bits per heavy atom. The van der Waals surface area contributed by atoms with E-state index in [0.29, 0.717) is 36.4 Å².